The predicted molar refractivity (Wildman–Crippen MR) is 120 cm³/mol. The van der Waals surface area contributed by atoms with Crippen LogP contribution in [0.5, 0.6) is 0 Å². The third-order valence-electron chi connectivity index (χ3n) is 6.21. The fraction of sp³-hybridized carbons (Fsp3) is 0.231. The van der Waals surface area contributed by atoms with Gasteiger partial charge in [0, 0.05) is 30.3 Å². The molecule has 0 radical (unpaired) electrons. The van der Waals surface area contributed by atoms with Gasteiger partial charge in [0.1, 0.15) is 17.5 Å². The number of likely N-dealkylation sites (tertiary alicyclic amines) is 1. The van der Waals surface area contributed by atoms with Crippen molar-refractivity contribution in [1.29, 1.82) is 0 Å². The number of fused-ring (bicyclic) bond motifs is 1. The molecule has 0 unspecified atom stereocenters. The van der Waals surface area contributed by atoms with Gasteiger partial charge in [-0.25, -0.2) is 13.8 Å². The van der Waals surface area contributed by atoms with Crippen LogP contribution in [0.25, 0.3) is 22.4 Å². The van der Waals surface area contributed by atoms with Crippen LogP contribution in [0, 0.1) is 18.6 Å². The van der Waals surface area contributed by atoms with E-state index in [1.807, 2.05) is 35.2 Å². The van der Waals surface area contributed by atoms with Gasteiger partial charge in [0.25, 0.3) is 5.91 Å². The summed E-state index contributed by atoms with van der Waals surface area (Å²) in [5, 5.41) is 0. The number of carbonyl (C=O) groups is 1. The van der Waals surface area contributed by atoms with Crippen LogP contribution in [-0.2, 0) is 0 Å². The van der Waals surface area contributed by atoms with E-state index in [2.05, 4.69) is 4.57 Å². The van der Waals surface area contributed by atoms with Crippen molar-refractivity contribution < 1.29 is 13.6 Å². The van der Waals surface area contributed by atoms with Gasteiger partial charge in [-0.2, -0.15) is 0 Å². The highest BCUT2D eigenvalue weighted by atomic mass is 19.1. The number of rotatable bonds is 3. The summed E-state index contributed by atoms with van der Waals surface area (Å²) < 4.78 is 29.8. The van der Waals surface area contributed by atoms with Crippen molar-refractivity contribution in [3.63, 3.8) is 0 Å². The minimum absolute atomic E-state index is 0.0867. The second-order valence-corrected chi connectivity index (χ2v) is 8.29. The zero-order valence-corrected chi connectivity index (χ0v) is 17.8. The van der Waals surface area contributed by atoms with Crippen molar-refractivity contribution >= 4 is 16.9 Å². The number of aromatic nitrogens is 2. The van der Waals surface area contributed by atoms with Crippen LogP contribution in [0.3, 0.4) is 0 Å². The number of halogens is 2. The molecule has 1 aromatic heterocycles. The first-order valence-electron chi connectivity index (χ1n) is 10.8. The summed E-state index contributed by atoms with van der Waals surface area (Å²) in [6.45, 7) is 2.80. The van der Waals surface area contributed by atoms with E-state index in [9.17, 15) is 13.6 Å². The molecule has 2 heterocycles. The monoisotopic (exact) mass is 431 g/mol. The van der Waals surface area contributed by atoms with E-state index in [-0.39, 0.29) is 23.6 Å². The van der Waals surface area contributed by atoms with Crippen LogP contribution >= 0.6 is 0 Å². The number of imidazole rings is 1. The lowest BCUT2D eigenvalue weighted by Gasteiger charge is -2.33. The molecular weight excluding hydrogens is 408 g/mol. The SMILES string of the molecule is Cc1cc(C(=O)N2CCC(n3c(-c4ccccc4)nc4ccc(F)cc43)CC2)ccc1F. The van der Waals surface area contributed by atoms with E-state index in [4.69, 9.17) is 4.98 Å². The summed E-state index contributed by atoms with van der Waals surface area (Å²) in [5.74, 6) is 0.118. The fourth-order valence-electron chi connectivity index (χ4n) is 4.51. The van der Waals surface area contributed by atoms with Crippen LogP contribution < -0.4 is 0 Å². The van der Waals surface area contributed by atoms with Crippen molar-refractivity contribution in [2.75, 3.05) is 13.1 Å². The van der Waals surface area contributed by atoms with Crippen LogP contribution in [0.1, 0.15) is 34.8 Å². The van der Waals surface area contributed by atoms with E-state index in [0.29, 0.717) is 24.2 Å². The Bertz CT molecular complexity index is 1290. The Hall–Kier alpha value is -3.54. The quantitative estimate of drug-likeness (QED) is 0.413. The van der Waals surface area contributed by atoms with Gasteiger partial charge in [0.05, 0.1) is 11.0 Å². The van der Waals surface area contributed by atoms with E-state index in [0.717, 1.165) is 35.3 Å². The van der Waals surface area contributed by atoms with Crippen LogP contribution in [0.4, 0.5) is 8.78 Å². The molecule has 0 aliphatic carbocycles. The number of nitrogens with zero attached hydrogens (tertiary/aromatic N) is 3. The van der Waals surface area contributed by atoms with Crippen molar-refractivity contribution in [2.24, 2.45) is 0 Å². The van der Waals surface area contributed by atoms with Gasteiger partial charge in [-0.3, -0.25) is 4.79 Å². The molecule has 5 rings (SSSR count). The van der Waals surface area contributed by atoms with Crippen molar-refractivity contribution in [3.8, 4) is 11.4 Å². The lowest BCUT2D eigenvalue weighted by atomic mass is 10.0. The lowest BCUT2D eigenvalue weighted by Crippen LogP contribution is -2.39. The van der Waals surface area contributed by atoms with Crippen molar-refractivity contribution in [1.82, 2.24) is 14.5 Å². The van der Waals surface area contributed by atoms with Gasteiger partial charge in [-0.1, -0.05) is 30.3 Å². The molecular formula is C26H23F2N3O. The number of amides is 1. The summed E-state index contributed by atoms with van der Waals surface area (Å²) >= 11 is 0. The summed E-state index contributed by atoms with van der Waals surface area (Å²) in [6, 6.07) is 19.1. The molecule has 6 heteroatoms. The van der Waals surface area contributed by atoms with E-state index in [1.165, 1.54) is 24.3 Å². The highest BCUT2D eigenvalue weighted by Gasteiger charge is 2.28. The second-order valence-electron chi connectivity index (χ2n) is 8.29. The number of hydrogen-bond acceptors (Lipinski definition) is 2. The third kappa shape index (κ3) is 3.66. The first-order chi connectivity index (χ1) is 15.5. The Morgan fingerprint density at radius 2 is 1.72 bits per heavy atom. The molecule has 4 nitrogen and oxygen atoms in total. The van der Waals surface area contributed by atoms with Gasteiger partial charge in [0.15, 0.2) is 0 Å². The molecule has 0 saturated carbocycles. The molecule has 1 saturated heterocycles. The first-order valence-corrected chi connectivity index (χ1v) is 10.8. The normalized spacial score (nSPS) is 14.8. The summed E-state index contributed by atoms with van der Waals surface area (Å²) in [5.41, 5.74) is 3.46. The molecule has 0 bridgehead atoms. The maximum atomic E-state index is 14.1. The van der Waals surface area contributed by atoms with Crippen molar-refractivity contribution in [2.45, 2.75) is 25.8 Å². The Morgan fingerprint density at radius 3 is 2.44 bits per heavy atom. The summed E-state index contributed by atoms with van der Waals surface area (Å²) in [6.07, 6.45) is 1.46. The average molecular weight is 431 g/mol. The number of hydrogen-bond donors (Lipinski definition) is 0. The molecule has 0 atom stereocenters. The van der Waals surface area contributed by atoms with E-state index >= 15 is 0 Å². The fourth-order valence-corrected chi connectivity index (χ4v) is 4.51. The average Bonchev–Trinajstić information content (AvgIpc) is 3.19. The van der Waals surface area contributed by atoms with Gasteiger partial charge in [-0.05, 0) is 61.7 Å². The van der Waals surface area contributed by atoms with Gasteiger partial charge in [0.2, 0.25) is 0 Å². The van der Waals surface area contributed by atoms with Crippen LogP contribution in [-0.4, -0.2) is 33.4 Å². The zero-order valence-electron chi connectivity index (χ0n) is 17.8. The van der Waals surface area contributed by atoms with Crippen molar-refractivity contribution in [3.05, 3.63) is 89.5 Å². The van der Waals surface area contributed by atoms with Gasteiger partial charge in [-0.15, -0.1) is 0 Å². The minimum Gasteiger partial charge on any atom is -0.338 e. The van der Waals surface area contributed by atoms with Gasteiger partial charge >= 0.3 is 0 Å². The largest absolute Gasteiger partial charge is 0.338 e. The Morgan fingerprint density at radius 1 is 0.969 bits per heavy atom. The number of aryl methyl sites for hydroxylation is 1. The summed E-state index contributed by atoms with van der Waals surface area (Å²) in [7, 11) is 0. The predicted octanol–water partition coefficient (Wildman–Crippen LogP) is 5.77. The molecule has 32 heavy (non-hydrogen) atoms. The molecule has 0 spiro atoms. The number of piperidine rings is 1. The molecule has 1 amide bonds. The molecule has 1 aliphatic rings. The Balaban J connectivity index is 1.44. The summed E-state index contributed by atoms with van der Waals surface area (Å²) in [4.78, 5) is 19.5. The third-order valence-corrected chi connectivity index (χ3v) is 6.21. The zero-order chi connectivity index (χ0) is 22.2. The molecule has 1 aliphatic heterocycles. The van der Waals surface area contributed by atoms with Crippen LogP contribution in [0.15, 0.2) is 66.7 Å². The van der Waals surface area contributed by atoms with Crippen LogP contribution in [0.2, 0.25) is 0 Å². The van der Waals surface area contributed by atoms with E-state index < -0.39 is 0 Å². The molecule has 3 aromatic carbocycles. The minimum atomic E-state index is -0.312. The van der Waals surface area contributed by atoms with Gasteiger partial charge < -0.3 is 9.47 Å². The second kappa shape index (κ2) is 8.19. The highest BCUT2D eigenvalue weighted by molar-refractivity contribution is 5.94. The smallest absolute Gasteiger partial charge is 0.253 e. The first kappa shape index (κ1) is 20.4. The number of benzene rings is 3. The maximum absolute atomic E-state index is 14.1. The highest BCUT2D eigenvalue weighted by Crippen LogP contribution is 2.34. The molecule has 4 aromatic rings. The maximum Gasteiger partial charge on any atom is 0.253 e. The topological polar surface area (TPSA) is 38.1 Å². The Labute approximate surface area is 185 Å². The number of carbonyl (C=O) groups excluding carboxylic acids is 1. The Kier molecular flexibility index (Phi) is 5.21. The molecule has 0 N–H and O–H groups in total. The molecule has 1 fully saturated rings. The van der Waals surface area contributed by atoms with E-state index in [1.54, 1.807) is 19.1 Å². The lowest BCUT2D eigenvalue weighted by molar-refractivity contribution is 0.0696. The standard InChI is InChI=1S/C26H23F2N3O/c1-17-15-19(7-9-22(17)28)26(32)30-13-11-21(12-14-30)31-24-16-20(27)8-10-23(24)29-25(31)18-5-3-2-4-6-18/h2-10,15-16,21H,11-14H2,1H3. The molecule has 162 valence electrons.